The lowest BCUT2D eigenvalue weighted by molar-refractivity contribution is 0.0697. The van der Waals surface area contributed by atoms with E-state index in [-0.39, 0.29) is 0 Å². The third kappa shape index (κ3) is 2.95. The Morgan fingerprint density at radius 2 is 2.24 bits per heavy atom. The van der Waals surface area contributed by atoms with Crippen LogP contribution in [-0.4, -0.2) is 46.5 Å². The van der Waals surface area contributed by atoms with Gasteiger partial charge >= 0.3 is 5.97 Å². The van der Waals surface area contributed by atoms with Gasteiger partial charge in [-0.25, -0.2) is 4.79 Å². The smallest absolute Gasteiger partial charge is 0.340 e. The molecule has 0 atom stereocenters. The molecule has 5 nitrogen and oxygen atoms in total. The predicted octanol–water partition coefficient (Wildman–Crippen LogP) is 1.66. The van der Waals surface area contributed by atoms with Crippen LogP contribution in [0.3, 0.4) is 0 Å². The summed E-state index contributed by atoms with van der Waals surface area (Å²) in [5.41, 5.74) is 0.905. The van der Waals surface area contributed by atoms with Gasteiger partial charge in [-0.3, -0.25) is 0 Å². The van der Waals surface area contributed by atoms with Crippen LogP contribution in [0.1, 0.15) is 28.9 Å². The Kier molecular flexibility index (Phi) is 3.96. The highest BCUT2D eigenvalue weighted by atomic mass is 32.1. The molecule has 1 aliphatic rings. The first-order chi connectivity index (χ1) is 8.18. The summed E-state index contributed by atoms with van der Waals surface area (Å²) in [5.74, 6) is -0.903. The van der Waals surface area contributed by atoms with Crippen molar-refractivity contribution in [1.29, 1.82) is 0 Å². The van der Waals surface area contributed by atoms with E-state index in [1.54, 1.807) is 6.92 Å². The van der Waals surface area contributed by atoms with E-state index in [1.165, 1.54) is 24.4 Å². The van der Waals surface area contributed by atoms with Crippen LogP contribution in [0.25, 0.3) is 0 Å². The highest BCUT2D eigenvalue weighted by Gasteiger charge is 2.17. The fraction of sp³-hybridized carbons (Fsp3) is 0.636. The minimum Gasteiger partial charge on any atom is -0.478 e. The lowest BCUT2D eigenvalue weighted by atomic mass is 10.2. The Hall–Kier alpha value is -1.14. The quantitative estimate of drug-likeness (QED) is 0.837. The van der Waals surface area contributed by atoms with Crippen molar-refractivity contribution in [2.24, 2.45) is 0 Å². The molecule has 6 heteroatoms. The van der Waals surface area contributed by atoms with Crippen LogP contribution >= 0.6 is 11.5 Å². The number of hydrogen-bond donors (Lipinski definition) is 2. The maximum Gasteiger partial charge on any atom is 0.340 e. The second-order valence-corrected chi connectivity index (χ2v) is 5.03. The summed E-state index contributed by atoms with van der Waals surface area (Å²) in [6.45, 7) is 5.80. The van der Waals surface area contributed by atoms with Crippen molar-refractivity contribution in [1.82, 2.24) is 9.27 Å². The van der Waals surface area contributed by atoms with Crippen molar-refractivity contribution in [3.8, 4) is 0 Å². The summed E-state index contributed by atoms with van der Waals surface area (Å²) < 4.78 is 4.07. The van der Waals surface area contributed by atoms with Crippen molar-refractivity contribution in [3.05, 3.63) is 11.3 Å². The van der Waals surface area contributed by atoms with E-state index in [2.05, 4.69) is 14.6 Å². The third-order valence-electron chi connectivity index (χ3n) is 2.99. The molecule has 0 unspecified atom stereocenters. The molecule has 94 valence electrons. The molecular weight excluding hydrogens is 238 g/mol. The van der Waals surface area contributed by atoms with Crippen LogP contribution in [0.5, 0.6) is 0 Å². The summed E-state index contributed by atoms with van der Waals surface area (Å²) in [7, 11) is 0. The van der Waals surface area contributed by atoms with E-state index in [1.807, 2.05) is 0 Å². The van der Waals surface area contributed by atoms with Gasteiger partial charge in [0, 0.05) is 13.1 Å². The Balaban J connectivity index is 1.88. The number of rotatable bonds is 5. The third-order valence-corrected chi connectivity index (χ3v) is 3.89. The largest absolute Gasteiger partial charge is 0.478 e. The molecule has 0 aliphatic carbocycles. The van der Waals surface area contributed by atoms with Gasteiger partial charge < -0.3 is 15.3 Å². The zero-order chi connectivity index (χ0) is 12.3. The van der Waals surface area contributed by atoms with Crippen LogP contribution < -0.4 is 5.32 Å². The van der Waals surface area contributed by atoms with Gasteiger partial charge in [-0.15, -0.1) is 0 Å². The molecule has 0 saturated carbocycles. The first-order valence-corrected chi connectivity index (χ1v) is 6.61. The molecule has 17 heavy (non-hydrogen) atoms. The summed E-state index contributed by atoms with van der Waals surface area (Å²) in [6.07, 6.45) is 2.56. The molecule has 0 amide bonds. The number of carbonyl (C=O) groups is 1. The molecular formula is C11H17N3O2S. The molecule has 0 bridgehead atoms. The molecule has 1 fully saturated rings. The zero-order valence-electron chi connectivity index (χ0n) is 9.90. The number of nitrogens with one attached hydrogen (secondary N) is 1. The summed E-state index contributed by atoms with van der Waals surface area (Å²) in [5, 5.41) is 12.9. The van der Waals surface area contributed by atoms with Gasteiger partial charge in [0.1, 0.15) is 10.6 Å². The van der Waals surface area contributed by atoms with Gasteiger partial charge in [-0.1, -0.05) is 0 Å². The number of carboxylic acids is 1. The van der Waals surface area contributed by atoms with Crippen molar-refractivity contribution in [3.63, 3.8) is 0 Å². The second kappa shape index (κ2) is 5.46. The van der Waals surface area contributed by atoms with Gasteiger partial charge in [0.15, 0.2) is 0 Å². The van der Waals surface area contributed by atoms with Crippen molar-refractivity contribution < 1.29 is 9.90 Å². The van der Waals surface area contributed by atoms with Crippen molar-refractivity contribution in [2.45, 2.75) is 19.8 Å². The number of carboxylic acid groups (broad SMARTS) is 1. The van der Waals surface area contributed by atoms with Gasteiger partial charge in [0.05, 0.1) is 5.69 Å². The predicted molar refractivity (Wildman–Crippen MR) is 68.0 cm³/mol. The molecule has 1 saturated heterocycles. The van der Waals surface area contributed by atoms with Crippen LogP contribution in [0.2, 0.25) is 0 Å². The Labute approximate surface area is 105 Å². The second-order valence-electron chi connectivity index (χ2n) is 4.25. The normalized spacial score (nSPS) is 16.3. The van der Waals surface area contributed by atoms with E-state index in [4.69, 9.17) is 5.11 Å². The van der Waals surface area contributed by atoms with E-state index in [0.717, 1.165) is 26.2 Å². The molecule has 0 radical (unpaired) electrons. The lowest BCUT2D eigenvalue weighted by Crippen LogP contribution is -2.26. The maximum absolute atomic E-state index is 11.0. The van der Waals surface area contributed by atoms with Crippen molar-refractivity contribution in [2.75, 3.05) is 31.5 Å². The van der Waals surface area contributed by atoms with E-state index in [0.29, 0.717) is 16.3 Å². The minimum absolute atomic E-state index is 0.316. The van der Waals surface area contributed by atoms with Crippen LogP contribution in [-0.2, 0) is 0 Å². The zero-order valence-corrected chi connectivity index (χ0v) is 10.7. The fourth-order valence-corrected chi connectivity index (χ4v) is 2.89. The van der Waals surface area contributed by atoms with Crippen LogP contribution in [0, 0.1) is 6.92 Å². The number of likely N-dealkylation sites (tertiary alicyclic amines) is 1. The molecule has 2 N–H and O–H groups in total. The van der Waals surface area contributed by atoms with Crippen LogP contribution in [0.15, 0.2) is 0 Å². The molecule has 2 heterocycles. The number of hydrogen-bond acceptors (Lipinski definition) is 5. The van der Waals surface area contributed by atoms with E-state index in [9.17, 15) is 4.79 Å². The van der Waals surface area contributed by atoms with Gasteiger partial charge in [-0.05, 0) is 44.4 Å². The average molecular weight is 255 g/mol. The molecule has 0 spiro atoms. The fourth-order valence-electron chi connectivity index (χ4n) is 2.08. The topological polar surface area (TPSA) is 65.5 Å². The Morgan fingerprint density at radius 3 is 2.88 bits per heavy atom. The van der Waals surface area contributed by atoms with Gasteiger partial charge in [0.2, 0.25) is 0 Å². The first-order valence-electron chi connectivity index (χ1n) is 5.84. The molecule has 2 rings (SSSR count). The van der Waals surface area contributed by atoms with Crippen LogP contribution in [0.4, 0.5) is 5.00 Å². The average Bonchev–Trinajstić information content (AvgIpc) is 2.88. The lowest BCUT2D eigenvalue weighted by Gasteiger charge is -2.14. The number of aryl methyl sites for hydroxylation is 1. The maximum atomic E-state index is 11.0. The first kappa shape index (κ1) is 12.3. The number of anilines is 1. The summed E-state index contributed by atoms with van der Waals surface area (Å²) in [4.78, 5) is 13.4. The van der Waals surface area contributed by atoms with E-state index >= 15 is 0 Å². The standard InChI is InChI=1S/C11H17N3O2S/c1-8-9(11(15)16)10(17-13-8)12-4-7-14-5-2-3-6-14/h12H,2-7H2,1H3,(H,15,16). The number of nitrogens with zero attached hydrogens (tertiary/aromatic N) is 2. The molecule has 1 aromatic rings. The Bertz CT molecular complexity index is 399. The highest BCUT2D eigenvalue weighted by Crippen LogP contribution is 2.24. The minimum atomic E-state index is -0.903. The molecule has 0 aromatic carbocycles. The summed E-state index contributed by atoms with van der Waals surface area (Å²) in [6, 6.07) is 0. The number of aromatic carboxylic acids is 1. The van der Waals surface area contributed by atoms with E-state index < -0.39 is 5.97 Å². The van der Waals surface area contributed by atoms with Gasteiger partial charge in [-0.2, -0.15) is 4.37 Å². The molecule has 1 aromatic heterocycles. The van der Waals surface area contributed by atoms with Gasteiger partial charge in [0.25, 0.3) is 0 Å². The summed E-state index contributed by atoms with van der Waals surface area (Å²) >= 11 is 1.23. The highest BCUT2D eigenvalue weighted by molar-refractivity contribution is 7.10. The van der Waals surface area contributed by atoms with Crippen molar-refractivity contribution >= 4 is 22.5 Å². The molecule has 1 aliphatic heterocycles. The number of aromatic nitrogens is 1. The SMILES string of the molecule is Cc1nsc(NCCN2CCCC2)c1C(=O)O. The Morgan fingerprint density at radius 1 is 1.53 bits per heavy atom. The monoisotopic (exact) mass is 255 g/mol.